The third-order valence-electron chi connectivity index (χ3n) is 3.13. The highest BCUT2D eigenvalue weighted by Gasteiger charge is 2.33. The van der Waals surface area contributed by atoms with Crippen molar-refractivity contribution < 1.29 is 23.1 Å². The van der Waals surface area contributed by atoms with Crippen molar-refractivity contribution in [3.63, 3.8) is 0 Å². The molecule has 0 aliphatic carbocycles. The van der Waals surface area contributed by atoms with Gasteiger partial charge in [-0.25, -0.2) is 0 Å². The highest BCUT2D eigenvalue weighted by atomic mass is 19.4. The van der Waals surface area contributed by atoms with Crippen molar-refractivity contribution in [1.29, 1.82) is 0 Å². The van der Waals surface area contributed by atoms with E-state index in [0.29, 0.717) is 17.8 Å². The van der Waals surface area contributed by atoms with Crippen molar-refractivity contribution >= 4 is 11.7 Å². The average molecular weight is 259 g/mol. The number of carbonyl (C=O) groups is 1. The predicted octanol–water partition coefficient (Wildman–Crippen LogP) is 2.40. The van der Waals surface area contributed by atoms with Gasteiger partial charge in [-0.2, -0.15) is 13.2 Å². The van der Waals surface area contributed by atoms with E-state index in [4.69, 9.17) is 5.11 Å². The summed E-state index contributed by atoms with van der Waals surface area (Å²) < 4.78 is 37.7. The molecule has 0 saturated carbocycles. The van der Waals surface area contributed by atoms with E-state index >= 15 is 0 Å². The first-order valence-electron chi connectivity index (χ1n) is 5.43. The molecule has 1 aliphatic heterocycles. The molecule has 1 aliphatic rings. The number of hydrogen-bond acceptors (Lipinski definition) is 2. The smallest absolute Gasteiger partial charge is 0.416 e. The lowest BCUT2D eigenvalue weighted by molar-refractivity contribution is -0.141. The first-order chi connectivity index (χ1) is 8.29. The molecule has 1 aromatic rings. The Hall–Kier alpha value is -1.72. The maximum Gasteiger partial charge on any atom is 0.416 e. The second-order valence-corrected chi connectivity index (χ2v) is 4.46. The standard InChI is InChI=1S/C12H12F3NO2/c1-16-6-8(11(17)18)4-7-5-9(12(13,14)15)2-3-10(7)16/h2-3,5,8H,4,6H2,1H3,(H,17,18). The summed E-state index contributed by atoms with van der Waals surface area (Å²) in [4.78, 5) is 12.6. The van der Waals surface area contributed by atoms with Crippen LogP contribution >= 0.6 is 0 Å². The molecule has 0 fully saturated rings. The number of benzene rings is 1. The second-order valence-electron chi connectivity index (χ2n) is 4.46. The Kier molecular flexibility index (Phi) is 2.96. The van der Waals surface area contributed by atoms with Crippen molar-refractivity contribution in [3.8, 4) is 0 Å². The van der Waals surface area contributed by atoms with Crippen molar-refractivity contribution in [3.05, 3.63) is 29.3 Å². The fraction of sp³-hybridized carbons (Fsp3) is 0.417. The summed E-state index contributed by atoms with van der Waals surface area (Å²) in [6, 6.07) is 3.47. The number of rotatable bonds is 1. The van der Waals surface area contributed by atoms with Gasteiger partial charge in [0.25, 0.3) is 0 Å². The average Bonchev–Trinajstić information content (AvgIpc) is 2.26. The Labute approximate surface area is 102 Å². The Bertz CT molecular complexity index is 485. The number of carboxylic acids is 1. The summed E-state index contributed by atoms with van der Waals surface area (Å²) >= 11 is 0. The number of fused-ring (bicyclic) bond motifs is 1. The van der Waals surface area contributed by atoms with Gasteiger partial charge in [0.2, 0.25) is 0 Å². The SMILES string of the molecule is CN1CC(C(=O)O)Cc2cc(C(F)(F)F)ccc21. The normalized spacial score (nSPS) is 19.6. The van der Waals surface area contributed by atoms with E-state index in [0.717, 1.165) is 12.1 Å². The fourth-order valence-corrected chi connectivity index (χ4v) is 2.22. The molecular formula is C12H12F3NO2. The van der Waals surface area contributed by atoms with Crippen LogP contribution in [0.1, 0.15) is 11.1 Å². The van der Waals surface area contributed by atoms with Gasteiger partial charge in [-0.3, -0.25) is 4.79 Å². The molecule has 0 bridgehead atoms. The van der Waals surface area contributed by atoms with E-state index in [9.17, 15) is 18.0 Å². The van der Waals surface area contributed by atoms with Gasteiger partial charge in [-0.1, -0.05) is 0 Å². The van der Waals surface area contributed by atoms with Crippen LogP contribution in [0.5, 0.6) is 0 Å². The molecule has 0 aromatic heterocycles. The van der Waals surface area contributed by atoms with Gasteiger partial charge in [0.1, 0.15) is 0 Å². The van der Waals surface area contributed by atoms with E-state index in [1.54, 1.807) is 11.9 Å². The van der Waals surface area contributed by atoms with Crippen LogP contribution in [0.15, 0.2) is 18.2 Å². The molecule has 6 heteroatoms. The first-order valence-corrected chi connectivity index (χ1v) is 5.43. The molecule has 3 nitrogen and oxygen atoms in total. The summed E-state index contributed by atoms with van der Waals surface area (Å²) in [6.07, 6.45) is -4.26. The third-order valence-corrected chi connectivity index (χ3v) is 3.13. The summed E-state index contributed by atoms with van der Waals surface area (Å²) in [5, 5.41) is 8.96. The van der Waals surface area contributed by atoms with Crippen LogP contribution in [0.3, 0.4) is 0 Å². The van der Waals surface area contributed by atoms with Crippen molar-refractivity contribution in [2.75, 3.05) is 18.5 Å². The number of alkyl halides is 3. The molecule has 2 rings (SSSR count). The minimum Gasteiger partial charge on any atom is -0.481 e. The predicted molar refractivity (Wildman–Crippen MR) is 59.5 cm³/mol. The molecule has 1 atom stereocenters. The van der Waals surface area contributed by atoms with E-state index in [-0.39, 0.29) is 6.42 Å². The zero-order chi connectivity index (χ0) is 13.5. The molecule has 0 spiro atoms. The Morgan fingerprint density at radius 2 is 2.11 bits per heavy atom. The zero-order valence-electron chi connectivity index (χ0n) is 9.66. The maximum absolute atomic E-state index is 12.6. The number of hydrogen-bond donors (Lipinski definition) is 1. The summed E-state index contributed by atoms with van der Waals surface area (Å²) in [6.45, 7) is 0.313. The number of nitrogens with zero attached hydrogens (tertiary/aromatic N) is 1. The van der Waals surface area contributed by atoms with Gasteiger partial charge in [0.05, 0.1) is 11.5 Å². The summed E-state index contributed by atoms with van der Waals surface area (Å²) in [7, 11) is 1.68. The lowest BCUT2D eigenvalue weighted by Gasteiger charge is -2.31. The van der Waals surface area contributed by atoms with Gasteiger partial charge in [0.15, 0.2) is 0 Å². The Balaban J connectivity index is 2.40. The highest BCUT2D eigenvalue weighted by molar-refractivity contribution is 5.74. The van der Waals surface area contributed by atoms with Gasteiger partial charge in [-0.05, 0) is 30.2 Å². The summed E-state index contributed by atoms with van der Waals surface area (Å²) in [5.74, 6) is -1.64. The molecule has 1 unspecified atom stereocenters. The van der Waals surface area contributed by atoms with Crippen molar-refractivity contribution in [2.24, 2.45) is 5.92 Å². The largest absolute Gasteiger partial charge is 0.481 e. The first kappa shape index (κ1) is 12.7. The van der Waals surface area contributed by atoms with Crippen LogP contribution in [-0.4, -0.2) is 24.7 Å². The maximum atomic E-state index is 12.6. The molecule has 18 heavy (non-hydrogen) atoms. The van der Waals surface area contributed by atoms with E-state index in [1.807, 2.05) is 0 Å². The molecule has 1 aromatic carbocycles. The van der Waals surface area contributed by atoms with Crippen LogP contribution in [0.4, 0.5) is 18.9 Å². The van der Waals surface area contributed by atoms with Crippen molar-refractivity contribution in [2.45, 2.75) is 12.6 Å². The van der Waals surface area contributed by atoms with Crippen LogP contribution in [-0.2, 0) is 17.4 Å². The molecule has 1 N–H and O–H groups in total. The molecular weight excluding hydrogens is 247 g/mol. The quantitative estimate of drug-likeness (QED) is 0.841. The van der Waals surface area contributed by atoms with Gasteiger partial charge >= 0.3 is 12.1 Å². The van der Waals surface area contributed by atoms with Crippen LogP contribution < -0.4 is 4.90 Å². The molecule has 0 amide bonds. The zero-order valence-corrected chi connectivity index (χ0v) is 9.66. The van der Waals surface area contributed by atoms with Gasteiger partial charge < -0.3 is 10.0 Å². The molecule has 1 heterocycles. The van der Waals surface area contributed by atoms with Gasteiger partial charge in [-0.15, -0.1) is 0 Å². The second kappa shape index (κ2) is 4.19. The summed E-state index contributed by atoms with van der Waals surface area (Å²) in [5.41, 5.74) is 0.368. The Morgan fingerprint density at radius 3 is 2.67 bits per heavy atom. The third kappa shape index (κ3) is 2.27. The highest BCUT2D eigenvalue weighted by Crippen LogP contribution is 2.35. The monoisotopic (exact) mass is 259 g/mol. The van der Waals surface area contributed by atoms with Gasteiger partial charge in [0, 0.05) is 19.3 Å². The molecule has 98 valence electrons. The molecule has 0 radical (unpaired) electrons. The van der Waals surface area contributed by atoms with Crippen LogP contribution in [0, 0.1) is 5.92 Å². The number of aliphatic carboxylic acids is 1. The van der Waals surface area contributed by atoms with Crippen LogP contribution in [0.25, 0.3) is 0 Å². The van der Waals surface area contributed by atoms with E-state index in [2.05, 4.69) is 0 Å². The lowest BCUT2D eigenvalue weighted by Crippen LogP contribution is -2.36. The minimum absolute atomic E-state index is 0.138. The number of anilines is 1. The topological polar surface area (TPSA) is 40.5 Å². The van der Waals surface area contributed by atoms with E-state index < -0.39 is 23.6 Å². The number of halogens is 3. The fourth-order valence-electron chi connectivity index (χ4n) is 2.22. The van der Waals surface area contributed by atoms with E-state index in [1.165, 1.54) is 6.07 Å². The lowest BCUT2D eigenvalue weighted by atomic mass is 9.91. The van der Waals surface area contributed by atoms with Crippen molar-refractivity contribution in [1.82, 2.24) is 0 Å². The minimum atomic E-state index is -4.40. The molecule has 0 saturated heterocycles. The number of carboxylic acid groups (broad SMARTS) is 1. The Morgan fingerprint density at radius 1 is 1.44 bits per heavy atom. The van der Waals surface area contributed by atoms with Crippen LogP contribution in [0.2, 0.25) is 0 Å².